The van der Waals surface area contributed by atoms with E-state index in [4.69, 9.17) is 0 Å². The summed E-state index contributed by atoms with van der Waals surface area (Å²) in [6.07, 6.45) is 7.77. The van der Waals surface area contributed by atoms with E-state index in [1.54, 1.807) is 12.4 Å². The van der Waals surface area contributed by atoms with Crippen molar-refractivity contribution in [1.29, 1.82) is 0 Å². The molecule has 26 heavy (non-hydrogen) atoms. The molecule has 3 aromatic heterocycles. The second kappa shape index (κ2) is 6.80. The maximum atomic E-state index is 12.1. The highest BCUT2D eigenvalue weighted by Crippen LogP contribution is 2.21. The minimum atomic E-state index is -0.0612. The van der Waals surface area contributed by atoms with Crippen LogP contribution in [0.1, 0.15) is 11.1 Å². The molecule has 0 aliphatic heterocycles. The van der Waals surface area contributed by atoms with Gasteiger partial charge in [0, 0.05) is 36.0 Å². The molecular weight excluding hydrogens is 324 g/mol. The summed E-state index contributed by atoms with van der Waals surface area (Å²) in [6.45, 7) is 2.06. The van der Waals surface area contributed by atoms with E-state index in [0.29, 0.717) is 6.42 Å². The fraction of sp³-hybridized carbons (Fsp3) is 0.0952. The summed E-state index contributed by atoms with van der Waals surface area (Å²) < 4.78 is 2.02. The SMILES string of the molecule is Cc1ccc2nc(-c3ccc(NC(=O)Cc4cccnc4)cc3)cn2c1. The molecule has 0 atom stereocenters. The number of rotatable bonds is 4. The third kappa shape index (κ3) is 3.47. The summed E-state index contributed by atoms with van der Waals surface area (Å²) in [5, 5.41) is 2.91. The Bertz CT molecular complexity index is 1050. The van der Waals surface area contributed by atoms with Gasteiger partial charge in [0.1, 0.15) is 5.65 Å². The number of carbonyl (C=O) groups excluding carboxylic acids is 1. The van der Waals surface area contributed by atoms with E-state index >= 15 is 0 Å². The Hall–Kier alpha value is -3.47. The summed E-state index contributed by atoms with van der Waals surface area (Å²) in [7, 11) is 0. The smallest absolute Gasteiger partial charge is 0.228 e. The van der Waals surface area contributed by atoms with Gasteiger partial charge in [0.25, 0.3) is 0 Å². The van der Waals surface area contributed by atoms with Crippen LogP contribution in [0.25, 0.3) is 16.9 Å². The van der Waals surface area contributed by atoms with Crippen molar-refractivity contribution in [2.24, 2.45) is 0 Å². The number of anilines is 1. The lowest BCUT2D eigenvalue weighted by atomic mass is 10.1. The fourth-order valence-electron chi connectivity index (χ4n) is 2.86. The number of benzene rings is 1. The Morgan fingerprint density at radius 3 is 2.69 bits per heavy atom. The van der Waals surface area contributed by atoms with Crippen LogP contribution in [0.2, 0.25) is 0 Å². The van der Waals surface area contributed by atoms with Crippen molar-refractivity contribution >= 4 is 17.2 Å². The molecule has 1 aromatic carbocycles. The van der Waals surface area contributed by atoms with Crippen molar-refractivity contribution in [2.75, 3.05) is 5.32 Å². The van der Waals surface area contributed by atoms with Gasteiger partial charge in [-0.1, -0.05) is 24.3 Å². The number of nitrogens with zero attached hydrogens (tertiary/aromatic N) is 3. The molecule has 5 heteroatoms. The summed E-state index contributed by atoms with van der Waals surface area (Å²) in [5.41, 5.74) is 5.68. The fourth-order valence-corrected chi connectivity index (χ4v) is 2.86. The number of fused-ring (bicyclic) bond motifs is 1. The maximum absolute atomic E-state index is 12.1. The molecule has 0 saturated carbocycles. The lowest BCUT2D eigenvalue weighted by Crippen LogP contribution is -2.14. The molecule has 0 saturated heterocycles. The Balaban J connectivity index is 1.48. The predicted octanol–water partition coefficient (Wildman–Crippen LogP) is 3.89. The van der Waals surface area contributed by atoms with Crippen LogP contribution in [-0.4, -0.2) is 20.3 Å². The molecule has 3 heterocycles. The molecule has 4 aromatic rings. The molecule has 0 bridgehead atoms. The van der Waals surface area contributed by atoms with Crippen molar-refractivity contribution in [1.82, 2.24) is 14.4 Å². The zero-order valence-corrected chi connectivity index (χ0v) is 14.4. The molecule has 128 valence electrons. The Morgan fingerprint density at radius 2 is 1.92 bits per heavy atom. The highest BCUT2D eigenvalue weighted by atomic mass is 16.1. The first-order valence-electron chi connectivity index (χ1n) is 8.42. The summed E-state index contributed by atoms with van der Waals surface area (Å²) in [5.74, 6) is -0.0612. The van der Waals surface area contributed by atoms with Crippen LogP contribution in [0.3, 0.4) is 0 Å². The molecule has 0 spiro atoms. The number of hydrogen-bond donors (Lipinski definition) is 1. The van der Waals surface area contributed by atoms with Crippen LogP contribution in [0.4, 0.5) is 5.69 Å². The van der Waals surface area contributed by atoms with Gasteiger partial charge in [0.2, 0.25) is 5.91 Å². The molecule has 1 amide bonds. The number of amides is 1. The van der Waals surface area contributed by atoms with Gasteiger partial charge in [-0.15, -0.1) is 0 Å². The third-order valence-electron chi connectivity index (χ3n) is 4.15. The quantitative estimate of drug-likeness (QED) is 0.612. The molecule has 0 fully saturated rings. The standard InChI is InChI=1S/C21H18N4O/c1-15-4-9-20-24-19(14-25(20)13-15)17-5-7-18(8-6-17)23-21(26)11-16-3-2-10-22-12-16/h2-10,12-14H,11H2,1H3,(H,23,26). The van der Waals surface area contributed by atoms with Crippen LogP contribution in [0.15, 0.2) is 73.3 Å². The van der Waals surface area contributed by atoms with E-state index in [0.717, 1.165) is 28.2 Å². The van der Waals surface area contributed by atoms with Gasteiger partial charge in [-0.05, 0) is 42.3 Å². The molecule has 5 nitrogen and oxygen atoms in total. The van der Waals surface area contributed by atoms with Gasteiger partial charge < -0.3 is 9.72 Å². The molecule has 0 unspecified atom stereocenters. The minimum Gasteiger partial charge on any atom is -0.326 e. The molecule has 0 radical (unpaired) electrons. The van der Waals surface area contributed by atoms with Gasteiger partial charge in [-0.25, -0.2) is 4.98 Å². The Morgan fingerprint density at radius 1 is 1.08 bits per heavy atom. The normalized spacial score (nSPS) is 10.8. The number of imidazole rings is 1. The Kier molecular flexibility index (Phi) is 4.19. The van der Waals surface area contributed by atoms with Crippen molar-refractivity contribution in [3.8, 4) is 11.3 Å². The highest BCUT2D eigenvalue weighted by Gasteiger charge is 2.07. The monoisotopic (exact) mass is 342 g/mol. The molecular formula is C21H18N4O. The van der Waals surface area contributed by atoms with E-state index in [-0.39, 0.29) is 5.91 Å². The van der Waals surface area contributed by atoms with E-state index in [9.17, 15) is 4.79 Å². The third-order valence-corrected chi connectivity index (χ3v) is 4.15. The molecule has 4 rings (SSSR count). The van der Waals surface area contributed by atoms with E-state index in [2.05, 4.69) is 28.4 Å². The Labute approximate surface area is 151 Å². The number of pyridine rings is 2. The summed E-state index contributed by atoms with van der Waals surface area (Å²) >= 11 is 0. The van der Waals surface area contributed by atoms with Gasteiger partial charge in [0.15, 0.2) is 0 Å². The first-order valence-corrected chi connectivity index (χ1v) is 8.42. The molecule has 1 N–H and O–H groups in total. The van der Waals surface area contributed by atoms with Gasteiger partial charge in [-0.2, -0.15) is 0 Å². The second-order valence-corrected chi connectivity index (χ2v) is 6.26. The molecule has 0 aliphatic rings. The zero-order valence-electron chi connectivity index (χ0n) is 14.4. The van der Waals surface area contributed by atoms with Crippen LogP contribution in [0, 0.1) is 6.92 Å². The van der Waals surface area contributed by atoms with Crippen LogP contribution >= 0.6 is 0 Å². The number of hydrogen-bond acceptors (Lipinski definition) is 3. The average Bonchev–Trinajstić information content (AvgIpc) is 3.06. The molecule has 0 aliphatic carbocycles. The predicted molar refractivity (Wildman–Crippen MR) is 102 cm³/mol. The summed E-state index contributed by atoms with van der Waals surface area (Å²) in [4.78, 5) is 20.8. The van der Waals surface area contributed by atoms with Crippen molar-refractivity contribution < 1.29 is 4.79 Å². The van der Waals surface area contributed by atoms with Crippen molar-refractivity contribution in [3.63, 3.8) is 0 Å². The average molecular weight is 342 g/mol. The van der Waals surface area contributed by atoms with E-state index < -0.39 is 0 Å². The topological polar surface area (TPSA) is 59.3 Å². The van der Waals surface area contributed by atoms with Gasteiger partial charge in [-0.3, -0.25) is 9.78 Å². The highest BCUT2D eigenvalue weighted by molar-refractivity contribution is 5.92. The number of nitrogens with one attached hydrogen (secondary N) is 1. The number of aryl methyl sites for hydroxylation is 1. The number of carbonyl (C=O) groups is 1. The zero-order chi connectivity index (χ0) is 17.9. The number of aromatic nitrogens is 3. The first-order chi connectivity index (χ1) is 12.7. The largest absolute Gasteiger partial charge is 0.326 e. The first kappa shape index (κ1) is 16.0. The lowest BCUT2D eigenvalue weighted by molar-refractivity contribution is -0.115. The van der Waals surface area contributed by atoms with Crippen LogP contribution in [-0.2, 0) is 11.2 Å². The van der Waals surface area contributed by atoms with E-state index in [1.165, 1.54) is 5.56 Å². The summed E-state index contributed by atoms with van der Waals surface area (Å²) in [6, 6.07) is 15.5. The van der Waals surface area contributed by atoms with Crippen molar-refractivity contribution in [2.45, 2.75) is 13.3 Å². The maximum Gasteiger partial charge on any atom is 0.228 e. The minimum absolute atomic E-state index is 0.0612. The van der Waals surface area contributed by atoms with Gasteiger partial charge in [0.05, 0.1) is 12.1 Å². The lowest BCUT2D eigenvalue weighted by Gasteiger charge is -2.06. The second-order valence-electron chi connectivity index (χ2n) is 6.26. The van der Waals surface area contributed by atoms with E-state index in [1.807, 2.05) is 59.1 Å². The van der Waals surface area contributed by atoms with Crippen LogP contribution in [0.5, 0.6) is 0 Å². The van der Waals surface area contributed by atoms with Crippen molar-refractivity contribution in [3.05, 3.63) is 84.4 Å². The van der Waals surface area contributed by atoms with Gasteiger partial charge >= 0.3 is 0 Å². The van der Waals surface area contributed by atoms with Crippen LogP contribution < -0.4 is 5.32 Å².